The van der Waals surface area contributed by atoms with Crippen molar-refractivity contribution in [2.45, 2.75) is 6.54 Å². The van der Waals surface area contributed by atoms with Crippen LogP contribution < -0.4 is 4.74 Å². The highest BCUT2D eigenvalue weighted by Gasteiger charge is 2.32. The number of hydrogen-bond donors (Lipinski definition) is 0. The molecule has 122 valence electrons. The fourth-order valence-electron chi connectivity index (χ4n) is 2.23. The van der Waals surface area contributed by atoms with E-state index in [9.17, 15) is 4.79 Å². The second kappa shape index (κ2) is 7.46. The highest BCUT2D eigenvalue weighted by atomic mass is 79.9. The molecule has 0 unspecified atom stereocenters. The van der Waals surface area contributed by atoms with Gasteiger partial charge in [-0.05, 0) is 51.3 Å². The van der Waals surface area contributed by atoms with E-state index in [2.05, 4.69) is 20.9 Å². The molecule has 0 aliphatic carbocycles. The van der Waals surface area contributed by atoms with Gasteiger partial charge in [-0.2, -0.15) is 0 Å². The number of amides is 1. The molecule has 1 aliphatic rings. The quantitative estimate of drug-likeness (QED) is 0.546. The molecule has 4 nitrogen and oxygen atoms in total. The molecule has 0 saturated carbocycles. The number of thiocarbonyl (C=S) groups is 1. The van der Waals surface area contributed by atoms with E-state index in [0.717, 1.165) is 21.3 Å². The standard InChI is InChI=1S/C17H13BrN2O2S2/c1-22-14-5-4-11(7-13(14)18)8-15-16(21)20(17(23)24-15)10-12-3-2-6-19-9-12/h2-9H,10H2,1H3. The van der Waals surface area contributed by atoms with Crippen LogP contribution >= 0.6 is 39.9 Å². The molecule has 0 spiro atoms. The van der Waals surface area contributed by atoms with Crippen molar-refractivity contribution in [1.29, 1.82) is 0 Å². The number of aromatic nitrogens is 1. The molecule has 1 aromatic heterocycles. The van der Waals surface area contributed by atoms with E-state index in [1.165, 1.54) is 11.8 Å². The van der Waals surface area contributed by atoms with E-state index >= 15 is 0 Å². The van der Waals surface area contributed by atoms with Crippen LogP contribution in [0.4, 0.5) is 0 Å². The third kappa shape index (κ3) is 3.68. The number of rotatable bonds is 4. The molecular weight excluding hydrogens is 408 g/mol. The lowest BCUT2D eigenvalue weighted by Crippen LogP contribution is -2.27. The number of nitrogens with zero attached hydrogens (tertiary/aromatic N) is 2. The molecule has 2 aromatic rings. The van der Waals surface area contributed by atoms with Crippen molar-refractivity contribution in [2.24, 2.45) is 0 Å². The van der Waals surface area contributed by atoms with Crippen LogP contribution in [0, 0.1) is 0 Å². The maximum Gasteiger partial charge on any atom is 0.266 e. The van der Waals surface area contributed by atoms with Crippen molar-refractivity contribution in [1.82, 2.24) is 9.88 Å². The van der Waals surface area contributed by atoms with Crippen molar-refractivity contribution in [3.63, 3.8) is 0 Å². The fraction of sp³-hybridized carbons (Fsp3) is 0.118. The van der Waals surface area contributed by atoms with Crippen LogP contribution in [0.25, 0.3) is 6.08 Å². The number of ether oxygens (including phenoxy) is 1. The van der Waals surface area contributed by atoms with Gasteiger partial charge in [0.25, 0.3) is 5.91 Å². The number of halogens is 1. The number of thioether (sulfide) groups is 1. The zero-order chi connectivity index (χ0) is 17.1. The lowest BCUT2D eigenvalue weighted by molar-refractivity contribution is -0.122. The van der Waals surface area contributed by atoms with Gasteiger partial charge in [-0.1, -0.05) is 36.1 Å². The molecule has 1 fully saturated rings. The Balaban J connectivity index is 1.82. The normalized spacial score (nSPS) is 16.1. The Labute approximate surface area is 158 Å². The topological polar surface area (TPSA) is 42.4 Å². The predicted molar refractivity (Wildman–Crippen MR) is 104 cm³/mol. The Bertz CT molecular complexity index is 825. The molecule has 0 radical (unpaired) electrons. The first-order chi connectivity index (χ1) is 11.6. The van der Waals surface area contributed by atoms with Gasteiger partial charge >= 0.3 is 0 Å². The monoisotopic (exact) mass is 420 g/mol. The summed E-state index contributed by atoms with van der Waals surface area (Å²) in [5.74, 6) is 0.664. The molecule has 3 rings (SSSR count). The van der Waals surface area contributed by atoms with Crippen LogP contribution in [-0.4, -0.2) is 27.2 Å². The third-order valence-corrected chi connectivity index (χ3v) is 5.41. The Hall–Kier alpha value is -1.70. The molecule has 0 atom stereocenters. The number of hydrogen-bond acceptors (Lipinski definition) is 5. The fourth-order valence-corrected chi connectivity index (χ4v) is 4.05. The van der Waals surface area contributed by atoms with Crippen LogP contribution in [0.2, 0.25) is 0 Å². The second-order valence-corrected chi connectivity index (χ2v) is 7.55. The molecule has 2 heterocycles. The maximum atomic E-state index is 12.6. The number of benzene rings is 1. The van der Waals surface area contributed by atoms with Gasteiger partial charge in [0, 0.05) is 12.4 Å². The zero-order valence-corrected chi connectivity index (χ0v) is 16.0. The van der Waals surface area contributed by atoms with Crippen LogP contribution in [0.15, 0.2) is 52.1 Å². The van der Waals surface area contributed by atoms with Crippen LogP contribution in [0.5, 0.6) is 5.75 Å². The highest BCUT2D eigenvalue weighted by Crippen LogP contribution is 2.34. The second-order valence-electron chi connectivity index (χ2n) is 5.02. The summed E-state index contributed by atoms with van der Waals surface area (Å²) in [5, 5.41) is 0. The first-order valence-corrected chi connectivity index (χ1v) is 9.08. The van der Waals surface area contributed by atoms with Crippen LogP contribution in [0.3, 0.4) is 0 Å². The first-order valence-electron chi connectivity index (χ1n) is 7.06. The minimum atomic E-state index is -0.0826. The Morgan fingerprint density at radius 3 is 2.92 bits per heavy atom. The molecule has 1 aromatic carbocycles. The first kappa shape index (κ1) is 17.1. The van der Waals surface area contributed by atoms with Gasteiger partial charge < -0.3 is 4.74 Å². The zero-order valence-electron chi connectivity index (χ0n) is 12.7. The van der Waals surface area contributed by atoms with E-state index in [1.54, 1.807) is 24.4 Å². The molecule has 7 heteroatoms. The maximum absolute atomic E-state index is 12.6. The largest absolute Gasteiger partial charge is 0.496 e. The number of methoxy groups -OCH3 is 1. The smallest absolute Gasteiger partial charge is 0.266 e. The van der Waals surface area contributed by atoms with Crippen molar-refractivity contribution in [2.75, 3.05) is 7.11 Å². The van der Waals surface area contributed by atoms with Gasteiger partial charge in [0.05, 0.1) is 23.0 Å². The molecule has 1 amide bonds. The van der Waals surface area contributed by atoms with Crippen molar-refractivity contribution < 1.29 is 9.53 Å². The molecule has 24 heavy (non-hydrogen) atoms. The van der Waals surface area contributed by atoms with Crippen molar-refractivity contribution >= 4 is 56.2 Å². The number of pyridine rings is 1. The lowest BCUT2D eigenvalue weighted by Gasteiger charge is -2.13. The van der Waals surface area contributed by atoms with E-state index in [1.807, 2.05) is 36.4 Å². The van der Waals surface area contributed by atoms with Gasteiger partial charge in [0.1, 0.15) is 10.1 Å². The molecule has 1 saturated heterocycles. The van der Waals surface area contributed by atoms with E-state index in [-0.39, 0.29) is 5.91 Å². The van der Waals surface area contributed by atoms with E-state index in [4.69, 9.17) is 17.0 Å². The highest BCUT2D eigenvalue weighted by molar-refractivity contribution is 9.10. The molecule has 0 N–H and O–H groups in total. The van der Waals surface area contributed by atoms with Crippen molar-refractivity contribution in [3.8, 4) is 5.75 Å². The van der Waals surface area contributed by atoms with Gasteiger partial charge in [-0.25, -0.2) is 0 Å². The summed E-state index contributed by atoms with van der Waals surface area (Å²) in [6.45, 7) is 0.433. The Morgan fingerprint density at radius 1 is 1.42 bits per heavy atom. The number of carbonyl (C=O) groups excluding carboxylic acids is 1. The van der Waals surface area contributed by atoms with Gasteiger partial charge in [0.15, 0.2) is 0 Å². The van der Waals surface area contributed by atoms with Crippen molar-refractivity contribution in [3.05, 3.63) is 63.2 Å². The molecule has 1 aliphatic heterocycles. The third-order valence-electron chi connectivity index (χ3n) is 3.41. The Morgan fingerprint density at radius 2 is 2.25 bits per heavy atom. The number of carbonyl (C=O) groups is 1. The average Bonchev–Trinajstić information content (AvgIpc) is 2.84. The van der Waals surface area contributed by atoms with Crippen LogP contribution in [0.1, 0.15) is 11.1 Å². The molecular formula is C17H13BrN2O2S2. The summed E-state index contributed by atoms with van der Waals surface area (Å²) < 4.78 is 6.61. The summed E-state index contributed by atoms with van der Waals surface area (Å²) in [6, 6.07) is 9.43. The summed E-state index contributed by atoms with van der Waals surface area (Å²) in [6.07, 6.45) is 5.28. The van der Waals surface area contributed by atoms with E-state index in [0.29, 0.717) is 15.8 Å². The van der Waals surface area contributed by atoms with Gasteiger partial charge in [-0.15, -0.1) is 0 Å². The predicted octanol–water partition coefficient (Wildman–Crippen LogP) is 4.25. The lowest BCUT2D eigenvalue weighted by atomic mass is 10.2. The van der Waals surface area contributed by atoms with Gasteiger partial charge in [-0.3, -0.25) is 14.7 Å². The van der Waals surface area contributed by atoms with E-state index < -0.39 is 0 Å². The summed E-state index contributed by atoms with van der Waals surface area (Å²) in [5.41, 5.74) is 1.85. The summed E-state index contributed by atoms with van der Waals surface area (Å²) in [7, 11) is 1.61. The summed E-state index contributed by atoms with van der Waals surface area (Å²) >= 11 is 10.1. The SMILES string of the molecule is COc1ccc(C=C2SC(=S)N(Cc3cccnc3)C2=O)cc1Br. The minimum absolute atomic E-state index is 0.0826. The Kier molecular flexibility index (Phi) is 5.33. The summed E-state index contributed by atoms with van der Waals surface area (Å²) in [4.78, 5) is 18.9. The van der Waals surface area contributed by atoms with Gasteiger partial charge in [0.2, 0.25) is 0 Å². The average molecular weight is 421 g/mol. The van der Waals surface area contributed by atoms with Crippen LogP contribution in [-0.2, 0) is 11.3 Å². The minimum Gasteiger partial charge on any atom is -0.496 e. The molecule has 0 bridgehead atoms.